The fourth-order valence-electron chi connectivity index (χ4n) is 3.86. The number of fused-ring (bicyclic) bond motifs is 1. The first-order chi connectivity index (χ1) is 15.8. The van der Waals surface area contributed by atoms with E-state index in [1.54, 1.807) is 24.9 Å². The Morgan fingerprint density at radius 2 is 1.88 bits per heavy atom. The number of benzene rings is 2. The van der Waals surface area contributed by atoms with Crippen LogP contribution in [0.5, 0.6) is 0 Å². The van der Waals surface area contributed by atoms with E-state index >= 15 is 0 Å². The number of nitrogens with one attached hydrogen (secondary N) is 1. The molecular formula is C24H19N7O. The van der Waals surface area contributed by atoms with Crippen molar-refractivity contribution in [3.8, 4) is 17.1 Å². The van der Waals surface area contributed by atoms with Gasteiger partial charge >= 0.3 is 0 Å². The molecule has 0 bridgehead atoms. The van der Waals surface area contributed by atoms with Gasteiger partial charge in [0, 0.05) is 23.5 Å². The molecule has 1 saturated carbocycles. The number of carbonyl (C=O) groups excluding carboxylic acids is 1. The van der Waals surface area contributed by atoms with Gasteiger partial charge in [0.2, 0.25) is 0 Å². The Labute approximate surface area is 183 Å². The Kier molecular flexibility index (Phi) is 4.28. The van der Waals surface area contributed by atoms with Crippen molar-refractivity contribution in [2.24, 2.45) is 0 Å². The average Bonchev–Trinajstić information content (AvgIpc) is 3.39. The number of pyridine rings is 1. The van der Waals surface area contributed by atoms with Crippen molar-refractivity contribution in [1.29, 1.82) is 0 Å². The summed E-state index contributed by atoms with van der Waals surface area (Å²) in [6.07, 6.45) is 7.45. The van der Waals surface area contributed by atoms with E-state index in [2.05, 4.69) is 30.0 Å². The van der Waals surface area contributed by atoms with Gasteiger partial charge < -0.3 is 9.88 Å². The molecule has 5 aromatic rings. The Morgan fingerprint density at radius 1 is 0.969 bits per heavy atom. The molecule has 8 nitrogen and oxygen atoms in total. The van der Waals surface area contributed by atoms with E-state index in [4.69, 9.17) is 0 Å². The highest BCUT2D eigenvalue weighted by atomic mass is 16.1. The highest BCUT2D eigenvalue weighted by Gasteiger charge is 2.26. The van der Waals surface area contributed by atoms with E-state index in [9.17, 15) is 4.79 Å². The second kappa shape index (κ2) is 7.42. The Bertz CT molecular complexity index is 1450. The summed E-state index contributed by atoms with van der Waals surface area (Å²) in [5, 5.41) is 11.3. The van der Waals surface area contributed by atoms with Crippen molar-refractivity contribution >= 4 is 22.6 Å². The standard InChI is InChI=1S/C24H19N7O/c32-24(21-13-19(10-11-25-21)30-14-26-20-6-1-2-7-22(20)30)28-17-5-3-4-16(12-17)23-29-27-15-31(23)18-8-9-18/h1-7,10-15,18H,8-9H2,(H,28,32). The van der Waals surface area contributed by atoms with Crippen LogP contribution in [-0.2, 0) is 0 Å². The lowest BCUT2D eigenvalue weighted by Crippen LogP contribution is -2.14. The van der Waals surface area contributed by atoms with Gasteiger partial charge in [-0.1, -0.05) is 24.3 Å². The number of rotatable bonds is 5. The third kappa shape index (κ3) is 3.31. The molecule has 0 aliphatic heterocycles. The van der Waals surface area contributed by atoms with Crippen molar-refractivity contribution < 1.29 is 4.79 Å². The Hall–Kier alpha value is -4.33. The lowest BCUT2D eigenvalue weighted by Gasteiger charge is -2.09. The zero-order valence-corrected chi connectivity index (χ0v) is 17.1. The summed E-state index contributed by atoms with van der Waals surface area (Å²) in [5.41, 5.74) is 4.61. The molecule has 1 aliphatic carbocycles. The number of nitrogens with zero attached hydrogens (tertiary/aromatic N) is 6. The van der Waals surface area contributed by atoms with Gasteiger partial charge in [0.05, 0.1) is 16.7 Å². The minimum atomic E-state index is -0.280. The minimum absolute atomic E-state index is 0.280. The molecule has 0 radical (unpaired) electrons. The molecule has 6 rings (SSSR count). The lowest BCUT2D eigenvalue weighted by atomic mass is 10.2. The predicted octanol–water partition coefficient (Wildman–Crippen LogP) is 4.27. The van der Waals surface area contributed by atoms with Gasteiger partial charge in [0.25, 0.3) is 5.91 Å². The number of imidazole rings is 1. The van der Waals surface area contributed by atoms with Gasteiger partial charge in [0.1, 0.15) is 18.3 Å². The van der Waals surface area contributed by atoms with Crippen LogP contribution in [0, 0.1) is 0 Å². The van der Waals surface area contributed by atoms with Gasteiger partial charge in [-0.3, -0.25) is 14.3 Å². The molecule has 0 atom stereocenters. The number of aromatic nitrogens is 6. The second-order valence-electron chi connectivity index (χ2n) is 7.83. The van der Waals surface area contributed by atoms with Gasteiger partial charge in [-0.2, -0.15) is 0 Å². The fraction of sp³-hybridized carbons (Fsp3) is 0.125. The molecule has 1 fully saturated rings. The molecule has 2 aromatic carbocycles. The van der Waals surface area contributed by atoms with Crippen LogP contribution in [0.4, 0.5) is 5.69 Å². The predicted molar refractivity (Wildman–Crippen MR) is 121 cm³/mol. The maximum atomic E-state index is 13.0. The molecule has 0 saturated heterocycles. The van der Waals surface area contributed by atoms with Crippen LogP contribution < -0.4 is 5.32 Å². The summed E-state index contributed by atoms with van der Waals surface area (Å²) in [6.45, 7) is 0. The topological polar surface area (TPSA) is 90.5 Å². The van der Waals surface area contributed by atoms with Crippen LogP contribution in [0.25, 0.3) is 28.1 Å². The summed E-state index contributed by atoms with van der Waals surface area (Å²) in [6, 6.07) is 19.6. The van der Waals surface area contributed by atoms with Crippen LogP contribution in [0.15, 0.2) is 79.5 Å². The maximum Gasteiger partial charge on any atom is 0.274 e. The molecule has 32 heavy (non-hydrogen) atoms. The summed E-state index contributed by atoms with van der Waals surface area (Å²) >= 11 is 0. The monoisotopic (exact) mass is 421 g/mol. The lowest BCUT2D eigenvalue weighted by molar-refractivity contribution is 0.102. The van der Waals surface area contributed by atoms with Crippen LogP contribution in [0.1, 0.15) is 29.4 Å². The van der Waals surface area contributed by atoms with Gasteiger partial charge in [0.15, 0.2) is 5.82 Å². The SMILES string of the molecule is O=C(Nc1cccc(-c2nncn2C2CC2)c1)c1cc(-n2cnc3ccccc32)ccn1. The summed E-state index contributed by atoms with van der Waals surface area (Å²) < 4.78 is 4.04. The van der Waals surface area contributed by atoms with Gasteiger partial charge in [-0.05, 0) is 49.2 Å². The van der Waals surface area contributed by atoms with Gasteiger partial charge in [-0.15, -0.1) is 10.2 Å². The third-order valence-electron chi connectivity index (χ3n) is 5.60. The van der Waals surface area contributed by atoms with E-state index in [1.165, 1.54) is 0 Å². The van der Waals surface area contributed by atoms with Crippen LogP contribution >= 0.6 is 0 Å². The van der Waals surface area contributed by atoms with Crippen molar-refractivity contribution in [1.82, 2.24) is 29.3 Å². The highest BCUT2D eigenvalue weighted by Crippen LogP contribution is 2.37. The summed E-state index contributed by atoms with van der Waals surface area (Å²) in [4.78, 5) is 21.6. The van der Waals surface area contributed by atoms with E-state index in [-0.39, 0.29) is 5.91 Å². The second-order valence-corrected chi connectivity index (χ2v) is 7.83. The van der Waals surface area contributed by atoms with Gasteiger partial charge in [-0.25, -0.2) is 4.98 Å². The smallest absolute Gasteiger partial charge is 0.274 e. The molecule has 1 N–H and O–H groups in total. The quantitative estimate of drug-likeness (QED) is 0.458. The zero-order chi connectivity index (χ0) is 21.5. The third-order valence-corrected chi connectivity index (χ3v) is 5.60. The molecule has 1 aliphatic rings. The first-order valence-corrected chi connectivity index (χ1v) is 10.5. The normalized spacial score (nSPS) is 13.4. The summed E-state index contributed by atoms with van der Waals surface area (Å²) in [7, 11) is 0. The van der Waals surface area contributed by atoms with Crippen LogP contribution in [0.2, 0.25) is 0 Å². The van der Waals surface area contributed by atoms with Crippen molar-refractivity contribution in [2.75, 3.05) is 5.32 Å². The maximum absolute atomic E-state index is 13.0. The molecule has 3 heterocycles. The molecular weight excluding hydrogens is 402 g/mol. The number of amides is 1. The van der Waals surface area contributed by atoms with E-state index in [0.717, 1.165) is 41.0 Å². The largest absolute Gasteiger partial charge is 0.321 e. The Morgan fingerprint density at radius 3 is 2.78 bits per heavy atom. The zero-order valence-electron chi connectivity index (χ0n) is 17.1. The van der Waals surface area contributed by atoms with Crippen molar-refractivity contribution in [2.45, 2.75) is 18.9 Å². The average molecular weight is 421 g/mol. The molecule has 0 spiro atoms. The molecule has 8 heteroatoms. The van der Waals surface area contributed by atoms with E-state index in [0.29, 0.717) is 17.4 Å². The Balaban J connectivity index is 1.27. The van der Waals surface area contributed by atoms with Crippen LogP contribution in [-0.4, -0.2) is 35.2 Å². The minimum Gasteiger partial charge on any atom is -0.321 e. The first-order valence-electron chi connectivity index (χ1n) is 10.5. The number of hydrogen-bond acceptors (Lipinski definition) is 5. The number of carbonyl (C=O) groups is 1. The first kappa shape index (κ1) is 18.4. The number of anilines is 1. The van der Waals surface area contributed by atoms with Crippen molar-refractivity contribution in [3.05, 3.63) is 85.2 Å². The molecule has 0 unspecified atom stereocenters. The molecule has 3 aromatic heterocycles. The van der Waals surface area contributed by atoms with Crippen LogP contribution in [0.3, 0.4) is 0 Å². The van der Waals surface area contributed by atoms with E-state index in [1.807, 2.05) is 59.2 Å². The van der Waals surface area contributed by atoms with E-state index < -0.39 is 0 Å². The molecule has 156 valence electrons. The fourth-order valence-corrected chi connectivity index (χ4v) is 3.86. The number of para-hydroxylation sites is 2. The van der Waals surface area contributed by atoms with Crippen molar-refractivity contribution in [3.63, 3.8) is 0 Å². The summed E-state index contributed by atoms with van der Waals surface area (Å²) in [5.74, 6) is 0.535. The molecule has 1 amide bonds. The highest BCUT2D eigenvalue weighted by molar-refractivity contribution is 6.03. The number of hydrogen-bond donors (Lipinski definition) is 1.